The first-order chi connectivity index (χ1) is 9.31. The molecule has 1 aromatic rings. The smallest absolute Gasteiger partial charge is 0.354 e. The van der Waals surface area contributed by atoms with Crippen LogP contribution in [0.4, 0.5) is 0 Å². The molecule has 0 radical (unpaired) electrons. The maximum atomic E-state index is 12.1. The van der Waals surface area contributed by atoms with Gasteiger partial charge in [-0.15, -0.1) is 12.4 Å². The van der Waals surface area contributed by atoms with Crippen molar-refractivity contribution >= 4 is 28.4 Å². The van der Waals surface area contributed by atoms with Crippen molar-refractivity contribution in [1.29, 1.82) is 0 Å². The Morgan fingerprint density at radius 2 is 2.10 bits per heavy atom. The second kappa shape index (κ2) is 8.38. The van der Waals surface area contributed by atoms with Crippen LogP contribution in [0.3, 0.4) is 0 Å². The molecule has 0 saturated carbocycles. The molecule has 122 valence electrons. The van der Waals surface area contributed by atoms with E-state index in [0.717, 1.165) is 0 Å². The van der Waals surface area contributed by atoms with Crippen LogP contribution in [0.1, 0.15) is 24.3 Å². The number of hydrogen-bond acceptors (Lipinski definition) is 5. The van der Waals surface area contributed by atoms with Crippen molar-refractivity contribution in [3.05, 3.63) is 18.0 Å². The molecule has 1 heterocycles. The van der Waals surface area contributed by atoms with Gasteiger partial charge in [-0.1, -0.05) is 0 Å². The highest BCUT2D eigenvalue weighted by Gasteiger charge is 2.21. The zero-order chi connectivity index (χ0) is 15.3. The van der Waals surface area contributed by atoms with Gasteiger partial charge in [-0.25, -0.2) is 17.9 Å². The fraction of sp³-hybridized carbons (Fsp3) is 0.583. The standard InChI is InChI=1S/C12H21N3O4S.ClH/c1-5-19-12(16)11-6-10(8-15(11)4)20(17,18)14-7-9(2)13-3;/h6,8-9,13-14H,5,7H2,1-4H3;1H. The van der Waals surface area contributed by atoms with Crippen molar-refractivity contribution in [3.8, 4) is 0 Å². The van der Waals surface area contributed by atoms with Gasteiger partial charge in [0.2, 0.25) is 10.0 Å². The summed E-state index contributed by atoms with van der Waals surface area (Å²) in [6.45, 7) is 4.06. The maximum Gasteiger partial charge on any atom is 0.354 e. The lowest BCUT2D eigenvalue weighted by atomic mass is 10.4. The van der Waals surface area contributed by atoms with Crippen molar-refractivity contribution in [1.82, 2.24) is 14.6 Å². The van der Waals surface area contributed by atoms with Gasteiger partial charge in [-0.2, -0.15) is 0 Å². The van der Waals surface area contributed by atoms with E-state index in [1.54, 1.807) is 21.0 Å². The molecule has 0 saturated heterocycles. The van der Waals surface area contributed by atoms with E-state index in [-0.39, 0.29) is 42.2 Å². The highest BCUT2D eigenvalue weighted by Crippen LogP contribution is 2.14. The Labute approximate surface area is 131 Å². The summed E-state index contributed by atoms with van der Waals surface area (Å²) in [7, 11) is -0.285. The molecule has 0 aliphatic carbocycles. The number of halogens is 1. The normalized spacial score (nSPS) is 12.6. The Bertz CT molecular complexity index is 571. The molecule has 0 bridgehead atoms. The van der Waals surface area contributed by atoms with Crippen LogP contribution < -0.4 is 10.0 Å². The van der Waals surface area contributed by atoms with Gasteiger partial charge in [0, 0.05) is 25.8 Å². The first kappa shape index (κ1) is 19.9. The molecule has 21 heavy (non-hydrogen) atoms. The molecule has 2 N–H and O–H groups in total. The molecule has 1 rings (SSSR count). The van der Waals surface area contributed by atoms with E-state index in [2.05, 4.69) is 10.0 Å². The number of aryl methyl sites for hydroxylation is 1. The third kappa shape index (κ3) is 5.31. The van der Waals surface area contributed by atoms with Gasteiger partial charge in [-0.05, 0) is 27.0 Å². The number of ether oxygens (including phenoxy) is 1. The minimum atomic E-state index is -3.63. The fourth-order valence-electron chi connectivity index (χ4n) is 1.51. The Morgan fingerprint density at radius 1 is 1.48 bits per heavy atom. The molecule has 1 aromatic heterocycles. The minimum absolute atomic E-state index is 0. The summed E-state index contributed by atoms with van der Waals surface area (Å²) < 4.78 is 33.0. The number of esters is 1. The highest BCUT2D eigenvalue weighted by atomic mass is 35.5. The van der Waals surface area contributed by atoms with Crippen LogP contribution in [-0.4, -0.2) is 45.2 Å². The third-order valence-electron chi connectivity index (χ3n) is 2.85. The molecular formula is C12H22ClN3O4S. The lowest BCUT2D eigenvalue weighted by molar-refractivity contribution is 0.0515. The van der Waals surface area contributed by atoms with Crippen LogP contribution in [0.5, 0.6) is 0 Å². The van der Waals surface area contributed by atoms with Crippen molar-refractivity contribution < 1.29 is 17.9 Å². The third-order valence-corrected chi connectivity index (χ3v) is 4.24. The summed E-state index contributed by atoms with van der Waals surface area (Å²) in [5, 5.41) is 2.93. The van der Waals surface area contributed by atoms with Gasteiger partial charge in [0.25, 0.3) is 0 Å². The molecule has 0 fully saturated rings. The zero-order valence-corrected chi connectivity index (χ0v) is 14.2. The van der Waals surface area contributed by atoms with Gasteiger partial charge in [0.15, 0.2) is 0 Å². The molecule has 7 nitrogen and oxygen atoms in total. The van der Waals surface area contributed by atoms with Gasteiger partial charge in [-0.3, -0.25) is 0 Å². The minimum Gasteiger partial charge on any atom is -0.461 e. The van der Waals surface area contributed by atoms with E-state index in [1.165, 1.54) is 16.8 Å². The average molecular weight is 340 g/mol. The Hall–Kier alpha value is -1.09. The number of nitrogens with zero attached hydrogens (tertiary/aromatic N) is 1. The monoisotopic (exact) mass is 339 g/mol. The van der Waals surface area contributed by atoms with Crippen molar-refractivity contribution in [2.24, 2.45) is 7.05 Å². The Kier molecular flexibility index (Phi) is 7.94. The predicted molar refractivity (Wildman–Crippen MR) is 82.3 cm³/mol. The van der Waals surface area contributed by atoms with Gasteiger partial charge in [0.05, 0.1) is 6.61 Å². The zero-order valence-electron chi connectivity index (χ0n) is 12.5. The number of nitrogens with one attached hydrogen (secondary N) is 2. The van der Waals surface area contributed by atoms with E-state index >= 15 is 0 Å². The first-order valence-corrected chi connectivity index (χ1v) is 7.80. The average Bonchev–Trinajstić information content (AvgIpc) is 2.79. The number of carbonyl (C=O) groups is 1. The van der Waals surface area contributed by atoms with Crippen molar-refractivity contribution in [2.75, 3.05) is 20.2 Å². The van der Waals surface area contributed by atoms with Crippen LogP contribution in [-0.2, 0) is 21.8 Å². The van der Waals surface area contributed by atoms with Gasteiger partial charge in [0.1, 0.15) is 10.6 Å². The number of aromatic nitrogens is 1. The second-order valence-electron chi connectivity index (χ2n) is 4.43. The number of sulfonamides is 1. The van der Waals surface area contributed by atoms with Gasteiger partial charge >= 0.3 is 5.97 Å². The largest absolute Gasteiger partial charge is 0.461 e. The Morgan fingerprint density at radius 3 is 2.62 bits per heavy atom. The number of likely N-dealkylation sites (N-methyl/N-ethyl adjacent to an activating group) is 1. The quantitative estimate of drug-likeness (QED) is 0.706. The molecule has 0 spiro atoms. The predicted octanol–water partition coefficient (Wildman–Crippen LogP) is 0.510. The van der Waals surface area contributed by atoms with Crippen molar-refractivity contribution in [2.45, 2.75) is 24.8 Å². The van der Waals surface area contributed by atoms with E-state index in [9.17, 15) is 13.2 Å². The summed E-state index contributed by atoms with van der Waals surface area (Å²) in [4.78, 5) is 11.7. The molecule has 9 heteroatoms. The number of hydrogen-bond donors (Lipinski definition) is 2. The Balaban J connectivity index is 0.00000400. The SMILES string of the molecule is CCOC(=O)c1cc(S(=O)(=O)NCC(C)NC)cn1C.Cl. The molecule has 0 aliphatic rings. The van der Waals surface area contributed by atoms with Crippen LogP contribution in [0.2, 0.25) is 0 Å². The highest BCUT2D eigenvalue weighted by molar-refractivity contribution is 7.89. The summed E-state index contributed by atoms with van der Waals surface area (Å²) in [6, 6.07) is 1.32. The van der Waals surface area contributed by atoms with Crippen LogP contribution in [0.25, 0.3) is 0 Å². The molecular weight excluding hydrogens is 318 g/mol. The molecule has 1 unspecified atom stereocenters. The lowest BCUT2D eigenvalue weighted by Gasteiger charge is -2.10. The van der Waals surface area contributed by atoms with Crippen molar-refractivity contribution in [3.63, 3.8) is 0 Å². The molecule has 1 atom stereocenters. The maximum absolute atomic E-state index is 12.1. The van der Waals surface area contributed by atoms with Crippen LogP contribution in [0.15, 0.2) is 17.2 Å². The second-order valence-corrected chi connectivity index (χ2v) is 6.20. The summed E-state index contributed by atoms with van der Waals surface area (Å²) in [5.74, 6) is -0.542. The molecule has 0 amide bonds. The van der Waals surface area contributed by atoms with E-state index < -0.39 is 16.0 Å². The summed E-state index contributed by atoms with van der Waals surface area (Å²) in [5.41, 5.74) is 0.203. The number of rotatable bonds is 7. The summed E-state index contributed by atoms with van der Waals surface area (Å²) >= 11 is 0. The van der Waals surface area contributed by atoms with E-state index in [4.69, 9.17) is 4.74 Å². The van der Waals surface area contributed by atoms with Gasteiger partial charge < -0.3 is 14.6 Å². The van der Waals surface area contributed by atoms with Crippen LogP contribution in [0, 0.1) is 0 Å². The molecule has 0 aliphatic heterocycles. The fourth-order valence-corrected chi connectivity index (χ4v) is 2.71. The molecule has 0 aromatic carbocycles. The lowest BCUT2D eigenvalue weighted by Crippen LogP contribution is -2.37. The first-order valence-electron chi connectivity index (χ1n) is 6.32. The van der Waals surface area contributed by atoms with E-state index in [1.807, 2.05) is 6.92 Å². The summed E-state index contributed by atoms with van der Waals surface area (Å²) in [6.07, 6.45) is 1.39. The topological polar surface area (TPSA) is 89.4 Å². The van der Waals surface area contributed by atoms with Crippen LogP contribution >= 0.6 is 12.4 Å². The van der Waals surface area contributed by atoms with E-state index in [0.29, 0.717) is 0 Å². The number of carbonyl (C=O) groups excluding carboxylic acids is 1.